The van der Waals surface area contributed by atoms with E-state index in [-0.39, 0.29) is 11.9 Å². The Balaban J connectivity index is 1.75. The van der Waals surface area contributed by atoms with Crippen molar-refractivity contribution in [2.24, 2.45) is 5.73 Å². The molecule has 0 saturated carbocycles. The third-order valence-electron chi connectivity index (χ3n) is 3.85. The number of rotatable bonds is 3. The van der Waals surface area contributed by atoms with Crippen LogP contribution in [0.25, 0.3) is 0 Å². The molecule has 0 aromatic heterocycles. The zero-order chi connectivity index (χ0) is 15.5. The highest BCUT2D eigenvalue weighted by atomic mass is 16.2. The molecule has 3 rings (SSSR count). The van der Waals surface area contributed by atoms with Gasteiger partial charge in [0.1, 0.15) is 0 Å². The van der Waals surface area contributed by atoms with Crippen molar-refractivity contribution in [1.82, 2.24) is 5.32 Å². The quantitative estimate of drug-likeness (QED) is 0.801. The van der Waals surface area contributed by atoms with E-state index in [1.54, 1.807) is 24.3 Å². The van der Waals surface area contributed by atoms with Gasteiger partial charge in [-0.2, -0.15) is 0 Å². The molecule has 22 heavy (non-hydrogen) atoms. The number of primary amides is 1. The summed E-state index contributed by atoms with van der Waals surface area (Å²) in [5, 5.41) is 6.01. The van der Waals surface area contributed by atoms with Crippen LogP contribution in [-0.4, -0.2) is 17.9 Å². The average Bonchev–Trinajstić information content (AvgIpc) is 2.54. The molecular formula is C17H17N3O2. The molecule has 2 aromatic carbocycles. The number of para-hydroxylation sites is 1. The molecule has 0 saturated heterocycles. The average molecular weight is 295 g/mol. The summed E-state index contributed by atoms with van der Waals surface area (Å²) in [7, 11) is 0. The summed E-state index contributed by atoms with van der Waals surface area (Å²) < 4.78 is 0. The largest absolute Gasteiger partial charge is 0.366 e. The number of nitrogens with two attached hydrogens (primary N) is 1. The molecule has 0 aliphatic carbocycles. The van der Waals surface area contributed by atoms with Gasteiger partial charge in [-0.15, -0.1) is 0 Å². The number of fused-ring (bicyclic) bond motifs is 1. The van der Waals surface area contributed by atoms with Gasteiger partial charge in [0, 0.05) is 6.54 Å². The molecule has 2 aromatic rings. The van der Waals surface area contributed by atoms with Crippen LogP contribution >= 0.6 is 0 Å². The predicted molar refractivity (Wildman–Crippen MR) is 84.4 cm³/mol. The van der Waals surface area contributed by atoms with Crippen molar-refractivity contribution < 1.29 is 9.59 Å². The first-order valence-electron chi connectivity index (χ1n) is 7.15. The van der Waals surface area contributed by atoms with E-state index in [1.807, 2.05) is 18.2 Å². The first kappa shape index (κ1) is 14.3. The lowest BCUT2D eigenvalue weighted by atomic mass is 9.95. The van der Waals surface area contributed by atoms with Gasteiger partial charge in [-0.05, 0) is 29.7 Å². The summed E-state index contributed by atoms with van der Waals surface area (Å²) in [6.45, 7) is 0.658. The maximum absolute atomic E-state index is 12.4. The Bertz CT molecular complexity index is 727. The highest BCUT2D eigenvalue weighted by Gasteiger charge is 2.24. The second kappa shape index (κ2) is 5.99. The molecule has 0 spiro atoms. The van der Waals surface area contributed by atoms with Crippen LogP contribution < -0.4 is 16.4 Å². The van der Waals surface area contributed by atoms with E-state index in [0.29, 0.717) is 24.2 Å². The molecule has 0 bridgehead atoms. The summed E-state index contributed by atoms with van der Waals surface area (Å²) in [5.41, 5.74) is 8.47. The summed E-state index contributed by atoms with van der Waals surface area (Å²) in [4.78, 5) is 23.8. The Hall–Kier alpha value is -2.66. The maximum atomic E-state index is 12.4. The van der Waals surface area contributed by atoms with E-state index in [4.69, 9.17) is 5.73 Å². The minimum atomic E-state index is -0.558. The Kier molecular flexibility index (Phi) is 3.89. The van der Waals surface area contributed by atoms with Crippen LogP contribution in [0.15, 0.2) is 48.5 Å². The van der Waals surface area contributed by atoms with Crippen molar-refractivity contribution in [3.05, 3.63) is 65.2 Å². The Labute approximate surface area is 128 Å². The highest BCUT2D eigenvalue weighted by Crippen LogP contribution is 2.19. The molecule has 1 aliphatic heterocycles. The van der Waals surface area contributed by atoms with Gasteiger partial charge in [0.2, 0.25) is 5.91 Å². The molecule has 0 radical (unpaired) electrons. The SMILES string of the molecule is NC(=O)c1ccccc1NC(=O)C1Cc2ccccc2CN1. The van der Waals surface area contributed by atoms with Crippen LogP contribution in [0.4, 0.5) is 5.69 Å². The Morgan fingerprint density at radius 2 is 1.73 bits per heavy atom. The lowest BCUT2D eigenvalue weighted by Gasteiger charge is -2.25. The monoisotopic (exact) mass is 295 g/mol. The molecule has 5 nitrogen and oxygen atoms in total. The number of hydrogen-bond acceptors (Lipinski definition) is 3. The molecule has 112 valence electrons. The van der Waals surface area contributed by atoms with Crippen LogP contribution in [0.5, 0.6) is 0 Å². The predicted octanol–water partition coefficient (Wildman–Crippen LogP) is 1.44. The van der Waals surface area contributed by atoms with Crippen LogP contribution in [0.2, 0.25) is 0 Å². The van der Waals surface area contributed by atoms with Crippen molar-refractivity contribution in [2.45, 2.75) is 19.0 Å². The van der Waals surface area contributed by atoms with E-state index in [2.05, 4.69) is 16.7 Å². The van der Waals surface area contributed by atoms with Crippen LogP contribution in [0, 0.1) is 0 Å². The minimum absolute atomic E-state index is 0.164. The highest BCUT2D eigenvalue weighted by molar-refractivity contribution is 6.04. The fraction of sp³-hybridized carbons (Fsp3) is 0.176. The number of amides is 2. The lowest BCUT2D eigenvalue weighted by Crippen LogP contribution is -2.44. The third-order valence-corrected chi connectivity index (χ3v) is 3.85. The topological polar surface area (TPSA) is 84.2 Å². The van der Waals surface area contributed by atoms with E-state index in [1.165, 1.54) is 11.1 Å². The Morgan fingerprint density at radius 3 is 2.50 bits per heavy atom. The van der Waals surface area contributed by atoms with E-state index >= 15 is 0 Å². The molecule has 4 N–H and O–H groups in total. The minimum Gasteiger partial charge on any atom is -0.366 e. The second-order valence-corrected chi connectivity index (χ2v) is 5.31. The summed E-state index contributed by atoms with van der Waals surface area (Å²) in [6.07, 6.45) is 0.626. The molecule has 2 amide bonds. The van der Waals surface area contributed by atoms with Gasteiger partial charge < -0.3 is 16.4 Å². The first-order chi connectivity index (χ1) is 10.6. The van der Waals surface area contributed by atoms with Gasteiger partial charge >= 0.3 is 0 Å². The molecule has 5 heteroatoms. The molecule has 1 unspecified atom stereocenters. The molecule has 1 aliphatic rings. The molecular weight excluding hydrogens is 278 g/mol. The van der Waals surface area contributed by atoms with Gasteiger partial charge in [0.15, 0.2) is 0 Å². The summed E-state index contributed by atoms with van der Waals surface area (Å²) in [5.74, 6) is -0.721. The van der Waals surface area contributed by atoms with E-state index < -0.39 is 5.91 Å². The number of nitrogens with one attached hydrogen (secondary N) is 2. The van der Waals surface area contributed by atoms with Crippen molar-refractivity contribution in [3.8, 4) is 0 Å². The summed E-state index contributed by atoms with van der Waals surface area (Å²) >= 11 is 0. The van der Waals surface area contributed by atoms with Crippen molar-refractivity contribution in [2.75, 3.05) is 5.32 Å². The number of anilines is 1. The smallest absolute Gasteiger partial charge is 0.250 e. The van der Waals surface area contributed by atoms with Crippen molar-refractivity contribution in [1.29, 1.82) is 0 Å². The Morgan fingerprint density at radius 1 is 1.05 bits per heavy atom. The third kappa shape index (κ3) is 2.84. The van der Waals surface area contributed by atoms with Gasteiger partial charge in [-0.1, -0.05) is 36.4 Å². The number of hydrogen-bond donors (Lipinski definition) is 3. The fourth-order valence-corrected chi connectivity index (χ4v) is 2.67. The molecule has 1 heterocycles. The lowest BCUT2D eigenvalue weighted by molar-refractivity contribution is -0.118. The molecule has 0 fully saturated rings. The van der Waals surface area contributed by atoms with Crippen molar-refractivity contribution >= 4 is 17.5 Å². The number of carbonyl (C=O) groups excluding carboxylic acids is 2. The maximum Gasteiger partial charge on any atom is 0.250 e. The van der Waals surface area contributed by atoms with Gasteiger partial charge in [0.25, 0.3) is 5.91 Å². The van der Waals surface area contributed by atoms with Crippen LogP contribution in [0.1, 0.15) is 21.5 Å². The second-order valence-electron chi connectivity index (χ2n) is 5.31. The van der Waals surface area contributed by atoms with Crippen molar-refractivity contribution in [3.63, 3.8) is 0 Å². The normalized spacial score (nSPS) is 16.6. The summed E-state index contributed by atoms with van der Waals surface area (Å²) in [6, 6.07) is 14.5. The van der Waals surface area contributed by atoms with Crippen LogP contribution in [0.3, 0.4) is 0 Å². The standard InChI is InChI=1S/C17H17N3O2/c18-16(21)13-7-3-4-8-14(13)20-17(22)15-9-11-5-1-2-6-12(11)10-19-15/h1-8,15,19H,9-10H2,(H2,18,21)(H,20,22). The first-order valence-corrected chi connectivity index (χ1v) is 7.15. The van der Waals surface area contributed by atoms with E-state index in [9.17, 15) is 9.59 Å². The number of benzene rings is 2. The zero-order valence-electron chi connectivity index (χ0n) is 12.0. The fourth-order valence-electron chi connectivity index (χ4n) is 2.67. The van der Waals surface area contributed by atoms with Gasteiger partial charge in [-0.25, -0.2) is 0 Å². The number of carbonyl (C=O) groups is 2. The molecule has 1 atom stereocenters. The van der Waals surface area contributed by atoms with Gasteiger partial charge in [-0.3, -0.25) is 9.59 Å². The van der Waals surface area contributed by atoms with Gasteiger partial charge in [0.05, 0.1) is 17.3 Å². The zero-order valence-corrected chi connectivity index (χ0v) is 12.0. The van der Waals surface area contributed by atoms with E-state index in [0.717, 1.165) is 0 Å². The van der Waals surface area contributed by atoms with Crippen LogP contribution in [-0.2, 0) is 17.8 Å².